The van der Waals surface area contributed by atoms with E-state index in [4.69, 9.17) is 5.11 Å². The van der Waals surface area contributed by atoms with E-state index in [1.54, 1.807) is 26.5 Å². The molecule has 1 saturated heterocycles. The first-order valence-electron chi connectivity index (χ1n) is 8.48. The first-order valence-corrected chi connectivity index (χ1v) is 8.48. The summed E-state index contributed by atoms with van der Waals surface area (Å²) in [5.74, 6) is -0.289. The number of amides is 1. The summed E-state index contributed by atoms with van der Waals surface area (Å²) >= 11 is 0. The fourth-order valence-corrected chi connectivity index (χ4v) is 3.22. The van der Waals surface area contributed by atoms with E-state index in [0.29, 0.717) is 18.1 Å². The number of carboxylic acid groups (broad SMARTS) is 1. The Kier molecular flexibility index (Phi) is 5.15. The molecular weight excluding hydrogens is 336 g/mol. The van der Waals surface area contributed by atoms with Crippen molar-refractivity contribution in [3.05, 3.63) is 36.0 Å². The number of carbonyl (C=O) groups excluding carboxylic acids is 1. The number of anilines is 1. The fraction of sp³-hybridized carbons (Fsp3) is 0.471. The number of aliphatic carboxylic acids is 1. The van der Waals surface area contributed by atoms with Gasteiger partial charge in [-0.3, -0.25) is 19.3 Å². The molecule has 138 valence electrons. The number of nitrogens with zero attached hydrogens (tertiary/aromatic N) is 6. The molecule has 9 nitrogen and oxygen atoms in total. The van der Waals surface area contributed by atoms with Gasteiger partial charge >= 0.3 is 5.97 Å². The molecule has 0 bridgehead atoms. The minimum atomic E-state index is -0.914. The molecule has 1 aliphatic heterocycles. The second-order valence-corrected chi connectivity index (χ2v) is 6.55. The Bertz CT molecular complexity index is 803. The van der Waals surface area contributed by atoms with Crippen LogP contribution >= 0.6 is 0 Å². The van der Waals surface area contributed by atoms with Gasteiger partial charge in [0, 0.05) is 45.0 Å². The summed E-state index contributed by atoms with van der Waals surface area (Å²) in [6.45, 7) is 1.35. The second-order valence-electron chi connectivity index (χ2n) is 6.55. The highest BCUT2D eigenvalue weighted by Crippen LogP contribution is 2.29. The predicted molar refractivity (Wildman–Crippen MR) is 94.1 cm³/mol. The number of aromatic nitrogens is 4. The third-order valence-electron chi connectivity index (χ3n) is 4.45. The van der Waals surface area contributed by atoms with Gasteiger partial charge in [-0.2, -0.15) is 5.10 Å². The maximum atomic E-state index is 12.1. The fourth-order valence-electron chi connectivity index (χ4n) is 3.22. The summed E-state index contributed by atoms with van der Waals surface area (Å²) in [6.07, 6.45) is 6.65. The molecule has 1 amide bonds. The lowest BCUT2D eigenvalue weighted by Gasteiger charge is -2.33. The molecule has 3 rings (SSSR count). The lowest BCUT2D eigenvalue weighted by atomic mass is 9.94. The van der Waals surface area contributed by atoms with Gasteiger partial charge in [0.2, 0.25) is 0 Å². The van der Waals surface area contributed by atoms with E-state index in [0.717, 1.165) is 25.1 Å². The van der Waals surface area contributed by atoms with E-state index < -0.39 is 5.97 Å². The molecule has 0 radical (unpaired) electrons. The molecule has 0 aliphatic carbocycles. The monoisotopic (exact) mass is 358 g/mol. The van der Waals surface area contributed by atoms with Crippen LogP contribution in [0.4, 0.5) is 5.82 Å². The zero-order chi connectivity index (χ0) is 18.7. The molecule has 0 spiro atoms. The number of carboxylic acids is 1. The highest BCUT2D eigenvalue weighted by molar-refractivity contribution is 5.91. The minimum absolute atomic E-state index is 0.147. The van der Waals surface area contributed by atoms with E-state index in [9.17, 15) is 9.59 Å². The Morgan fingerprint density at radius 1 is 1.35 bits per heavy atom. The Hall–Kier alpha value is -2.97. The minimum Gasteiger partial charge on any atom is -0.480 e. The van der Waals surface area contributed by atoms with E-state index in [-0.39, 0.29) is 18.4 Å². The van der Waals surface area contributed by atoms with Crippen LogP contribution in [0.1, 0.15) is 34.9 Å². The van der Waals surface area contributed by atoms with Gasteiger partial charge in [-0.15, -0.1) is 0 Å². The summed E-state index contributed by atoms with van der Waals surface area (Å²) in [5, 5.41) is 13.2. The third kappa shape index (κ3) is 3.81. The van der Waals surface area contributed by atoms with E-state index in [1.165, 1.54) is 15.8 Å². The predicted octanol–water partition coefficient (Wildman–Crippen LogP) is 0.843. The highest BCUT2D eigenvalue weighted by Gasteiger charge is 2.26. The van der Waals surface area contributed by atoms with Crippen molar-refractivity contribution in [1.29, 1.82) is 0 Å². The number of hydrogen-bond acceptors (Lipinski definition) is 6. The average Bonchev–Trinajstić information content (AvgIpc) is 3.08. The van der Waals surface area contributed by atoms with Crippen molar-refractivity contribution >= 4 is 17.7 Å². The Morgan fingerprint density at radius 3 is 2.88 bits per heavy atom. The van der Waals surface area contributed by atoms with Gasteiger partial charge in [0.25, 0.3) is 5.91 Å². The number of piperidine rings is 1. The van der Waals surface area contributed by atoms with E-state index in [2.05, 4.69) is 20.0 Å². The van der Waals surface area contributed by atoms with Crippen LogP contribution in [0.15, 0.2) is 24.7 Å². The summed E-state index contributed by atoms with van der Waals surface area (Å²) in [4.78, 5) is 35.3. The van der Waals surface area contributed by atoms with E-state index in [1.807, 2.05) is 6.07 Å². The van der Waals surface area contributed by atoms with Gasteiger partial charge in [0.1, 0.15) is 18.1 Å². The molecule has 1 fully saturated rings. The van der Waals surface area contributed by atoms with Crippen molar-refractivity contribution in [2.45, 2.75) is 25.3 Å². The summed E-state index contributed by atoms with van der Waals surface area (Å²) in [6, 6.07) is 1.87. The van der Waals surface area contributed by atoms with Crippen LogP contribution in [0.2, 0.25) is 0 Å². The Morgan fingerprint density at radius 2 is 2.15 bits per heavy atom. The molecule has 0 unspecified atom stereocenters. The normalized spacial score (nSPS) is 17.2. The number of carbonyl (C=O) groups is 2. The van der Waals surface area contributed by atoms with Gasteiger partial charge in [0.05, 0.1) is 12.4 Å². The molecule has 2 aromatic heterocycles. The van der Waals surface area contributed by atoms with Crippen molar-refractivity contribution in [3.63, 3.8) is 0 Å². The molecule has 3 heterocycles. The van der Waals surface area contributed by atoms with E-state index >= 15 is 0 Å². The molecule has 0 saturated carbocycles. The lowest BCUT2D eigenvalue weighted by Crippen LogP contribution is -2.36. The van der Waals surface area contributed by atoms with Crippen molar-refractivity contribution in [3.8, 4) is 0 Å². The lowest BCUT2D eigenvalue weighted by molar-refractivity contribution is -0.137. The molecule has 1 atom stereocenters. The van der Waals surface area contributed by atoms with Gasteiger partial charge in [-0.25, -0.2) is 4.98 Å². The van der Waals surface area contributed by atoms with Crippen LogP contribution in [-0.2, 0) is 11.3 Å². The molecule has 0 aromatic carbocycles. The van der Waals surface area contributed by atoms with Crippen molar-refractivity contribution in [1.82, 2.24) is 24.6 Å². The SMILES string of the molecule is CN(C)C(=O)c1cncc(N2CCC[C@H](c3ccnn3CC(=O)O)C2)n1. The molecule has 2 aromatic rings. The molecular formula is C17H22N6O3. The smallest absolute Gasteiger partial charge is 0.325 e. The van der Waals surface area contributed by atoms with Gasteiger partial charge in [0.15, 0.2) is 0 Å². The third-order valence-corrected chi connectivity index (χ3v) is 4.45. The van der Waals surface area contributed by atoms with Crippen LogP contribution in [0.3, 0.4) is 0 Å². The first kappa shape index (κ1) is 17.8. The molecule has 26 heavy (non-hydrogen) atoms. The zero-order valence-corrected chi connectivity index (χ0v) is 14.9. The maximum absolute atomic E-state index is 12.1. The van der Waals surface area contributed by atoms with Crippen LogP contribution in [-0.4, -0.2) is 68.8 Å². The average molecular weight is 358 g/mol. The highest BCUT2D eigenvalue weighted by atomic mass is 16.4. The summed E-state index contributed by atoms with van der Waals surface area (Å²) in [5.41, 5.74) is 1.22. The largest absolute Gasteiger partial charge is 0.480 e. The first-order chi connectivity index (χ1) is 12.5. The van der Waals surface area contributed by atoms with Gasteiger partial charge in [-0.1, -0.05) is 0 Å². The molecule has 1 aliphatic rings. The number of hydrogen-bond donors (Lipinski definition) is 1. The summed E-state index contributed by atoms with van der Waals surface area (Å²) in [7, 11) is 3.36. The van der Waals surface area contributed by atoms with Crippen molar-refractivity contribution in [2.24, 2.45) is 0 Å². The summed E-state index contributed by atoms with van der Waals surface area (Å²) < 4.78 is 1.54. The van der Waals surface area contributed by atoms with Crippen LogP contribution < -0.4 is 4.90 Å². The topological polar surface area (TPSA) is 104 Å². The van der Waals surface area contributed by atoms with Crippen molar-refractivity contribution < 1.29 is 14.7 Å². The van der Waals surface area contributed by atoms with Crippen LogP contribution in [0.25, 0.3) is 0 Å². The van der Waals surface area contributed by atoms with Gasteiger partial charge < -0.3 is 14.9 Å². The van der Waals surface area contributed by atoms with Crippen LogP contribution in [0.5, 0.6) is 0 Å². The standard InChI is InChI=1S/C17H22N6O3/c1-21(2)17(26)13-8-18-9-15(20-13)22-7-3-4-12(10-22)14-5-6-19-23(14)11-16(24)25/h5-6,8-9,12H,3-4,7,10-11H2,1-2H3,(H,24,25)/t12-/m0/s1. The molecule has 9 heteroatoms. The quantitative estimate of drug-likeness (QED) is 0.844. The maximum Gasteiger partial charge on any atom is 0.325 e. The number of rotatable bonds is 5. The van der Waals surface area contributed by atoms with Crippen LogP contribution in [0, 0.1) is 0 Å². The van der Waals surface area contributed by atoms with Gasteiger partial charge in [-0.05, 0) is 18.9 Å². The Balaban J connectivity index is 1.79. The zero-order valence-electron chi connectivity index (χ0n) is 14.9. The second kappa shape index (κ2) is 7.51. The Labute approximate surface area is 151 Å². The molecule has 1 N–H and O–H groups in total. The van der Waals surface area contributed by atoms with Crippen molar-refractivity contribution in [2.75, 3.05) is 32.1 Å².